The molecule has 1 aromatic heterocycles. The maximum Gasteiger partial charge on any atom is 0.247 e. The second-order valence-corrected chi connectivity index (χ2v) is 7.75. The standard InChI is InChI=1S/C24H28N4O2/c1-18(2)15-22(29)27-23(21-7-4-3-5-8-21)24(30)25-16-19-9-11-20(12-10-19)17-28-14-6-13-26-28/h3-14,18,23H,15-17H2,1-2H3,(H,25,30)(H,27,29). The molecule has 2 N–H and O–H groups in total. The highest BCUT2D eigenvalue weighted by Crippen LogP contribution is 2.15. The predicted molar refractivity (Wildman–Crippen MR) is 116 cm³/mol. The summed E-state index contributed by atoms with van der Waals surface area (Å²) < 4.78 is 1.86. The summed E-state index contributed by atoms with van der Waals surface area (Å²) in [5, 5.41) is 10.0. The van der Waals surface area contributed by atoms with E-state index in [2.05, 4.69) is 15.7 Å². The predicted octanol–water partition coefficient (Wildman–Crippen LogP) is 3.45. The number of nitrogens with zero attached hydrogens (tertiary/aromatic N) is 2. The van der Waals surface area contributed by atoms with Crippen LogP contribution in [0.3, 0.4) is 0 Å². The molecule has 156 valence electrons. The van der Waals surface area contributed by atoms with Crippen molar-refractivity contribution < 1.29 is 9.59 Å². The fourth-order valence-corrected chi connectivity index (χ4v) is 3.17. The highest BCUT2D eigenvalue weighted by molar-refractivity contribution is 5.88. The summed E-state index contributed by atoms with van der Waals surface area (Å²) in [5.74, 6) is -0.124. The molecule has 0 bridgehead atoms. The average molecular weight is 405 g/mol. The lowest BCUT2D eigenvalue weighted by molar-refractivity contribution is -0.129. The molecule has 0 spiro atoms. The largest absolute Gasteiger partial charge is 0.350 e. The van der Waals surface area contributed by atoms with Crippen LogP contribution in [-0.4, -0.2) is 21.6 Å². The van der Waals surface area contributed by atoms with E-state index in [0.717, 1.165) is 16.7 Å². The summed E-state index contributed by atoms with van der Waals surface area (Å²) in [7, 11) is 0. The Hall–Kier alpha value is -3.41. The molecule has 1 unspecified atom stereocenters. The van der Waals surface area contributed by atoms with Crippen molar-refractivity contribution in [3.8, 4) is 0 Å². The maximum atomic E-state index is 12.9. The molecule has 3 rings (SSSR count). The van der Waals surface area contributed by atoms with Gasteiger partial charge in [-0.2, -0.15) is 5.10 Å². The van der Waals surface area contributed by atoms with Crippen molar-refractivity contribution in [2.45, 2.75) is 39.4 Å². The normalized spacial score (nSPS) is 11.8. The SMILES string of the molecule is CC(C)CC(=O)NC(C(=O)NCc1ccc(Cn2cccn2)cc1)c1ccccc1. The van der Waals surface area contributed by atoms with Gasteiger partial charge in [0.25, 0.3) is 0 Å². The summed E-state index contributed by atoms with van der Waals surface area (Å²) in [6, 6.07) is 18.6. The molecule has 0 saturated heterocycles. The lowest BCUT2D eigenvalue weighted by Gasteiger charge is -2.19. The van der Waals surface area contributed by atoms with E-state index in [9.17, 15) is 9.59 Å². The molecule has 6 nitrogen and oxygen atoms in total. The van der Waals surface area contributed by atoms with Gasteiger partial charge in [0, 0.05) is 25.4 Å². The van der Waals surface area contributed by atoms with Crippen molar-refractivity contribution in [3.05, 3.63) is 89.7 Å². The summed E-state index contributed by atoms with van der Waals surface area (Å²) in [5.41, 5.74) is 2.89. The van der Waals surface area contributed by atoms with Crippen molar-refractivity contribution in [1.29, 1.82) is 0 Å². The first kappa shape index (κ1) is 21.3. The Bertz CT molecular complexity index is 935. The number of amides is 2. The summed E-state index contributed by atoms with van der Waals surface area (Å²) in [6.07, 6.45) is 4.06. The summed E-state index contributed by atoms with van der Waals surface area (Å²) in [4.78, 5) is 25.2. The zero-order valence-corrected chi connectivity index (χ0v) is 17.4. The van der Waals surface area contributed by atoms with Gasteiger partial charge in [-0.05, 0) is 28.7 Å². The van der Waals surface area contributed by atoms with Gasteiger partial charge in [-0.15, -0.1) is 0 Å². The number of carbonyl (C=O) groups excluding carboxylic acids is 2. The molecule has 2 aromatic carbocycles. The highest BCUT2D eigenvalue weighted by atomic mass is 16.2. The third-order valence-corrected chi connectivity index (χ3v) is 4.69. The van der Waals surface area contributed by atoms with E-state index in [-0.39, 0.29) is 17.7 Å². The second-order valence-electron chi connectivity index (χ2n) is 7.75. The molecule has 6 heteroatoms. The Morgan fingerprint density at radius 3 is 2.30 bits per heavy atom. The molecule has 3 aromatic rings. The van der Waals surface area contributed by atoms with Crippen LogP contribution in [0, 0.1) is 5.92 Å². The summed E-state index contributed by atoms with van der Waals surface area (Å²) in [6.45, 7) is 5.06. The van der Waals surface area contributed by atoms with Crippen molar-refractivity contribution >= 4 is 11.8 Å². The van der Waals surface area contributed by atoms with Gasteiger partial charge in [-0.3, -0.25) is 14.3 Å². The van der Waals surface area contributed by atoms with Crippen LogP contribution in [0.15, 0.2) is 73.1 Å². The Labute approximate surface area is 177 Å². The van der Waals surface area contributed by atoms with Crippen LogP contribution in [0.5, 0.6) is 0 Å². The Balaban J connectivity index is 1.61. The maximum absolute atomic E-state index is 12.9. The zero-order chi connectivity index (χ0) is 21.3. The number of benzene rings is 2. The molecule has 2 amide bonds. The third kappa shape index (κ3) is 6.30. The van der Waals surface area contributed by atoms with E-state index >= 15 is 0 Å². The Morgan fingerprint density at radius 2 is 1.67 bits per heavy atom. The van der Waals surface area contributed by atoms with Gasteiger partial charge < -0.3 is 10.6 Å². The van der Waals surface area contributed by atoms with E-state index in [1.54, 1.807) is 6.20 Å². The van der Waals surface area contributed by atoms with Crippen molar-refractivity contribution in [2.75, 3.05) is 0 Å². The number of rotatable bonds is 9. The smallest absolute Gasteiger partial charge is 0.247 e. The van der Waals surface area contributed by atoms with Gasteiger partial charge in [0.15, 0.2) is 0 Å². The monoisotopic (exact) mass is 404 g/mol. The molecular formula is C24H28N4O2. The first-order valence-electron chi connectivity index (χ1n) is 10.2. The van der Waals surface area contributed by atoms with Gasteiger partial charge in [-0.1, -0.05) is 68.4 Å². The van der Waals surface area contributed by atoms with E-state index in [1.807, 2.05) is 85.4 Å². The lowest BCUT2D eigenvalue weighted by atomic mass is 10.0. The molecule has 30 heavy (non-hydrogen) atoms. The van der Waals surface area contributed by atoms with Crippen LogP contribution in [0.4, 0.5) is 0 Å². The van der Waals surface area contributed by atoms with E-state index in [1.165, 1.54) is 0 Å². The fraction of sp³-hybridized carbons (Fsp3) is 0.292. The van der Waals surface area contributed by atoms with Crippen LogP contribution >= 0.6 is 0 Å². The van der Waals surface area contributed by atoms with Crippen molar-refractivity contribution in [3.63, 3.8) is 0 Å². The van der Waals surface area contributed by atoms with Gasteiger partial charge in [0.2, 0.25) is 11.8 Å². The minimum atomic E-state index is -0.712. The van der Waals surface area contributed by atoms with Crippen LogP contribution in [0.1, 0.15) is 43.0 Å². The fourth-order valence-electron chi connectivity index (χ4n) is 3.17. The van der Waals surface area contributed by atoms with Crippen molar-refractivity contribution in [1.82, 2.24) is 20.4 Å². The number of carbonyl (C=O) groups is 2. The zero-order valence-electron chi connectivity index (χ0n) is 17.4. The minimum Gasteiger partial charge on any atom is -0.350 e. The topological polar surface area (TPSA) is 76.0 Å². The van der Waals surface area contributed by atoms with Crippen LogP contribution in [0.25, 0.3) is 0 Å². The van der Waals surface area contributed by atoms with Crippen LogP contribution in [0.2, 0.25) is 0 Å². The highest BCUT2D eigenvalue weighted by Gasteiger charge is 2.22. The van der Waals surface area contributed by atoms with Crippen molar-refractivity contribution in [2.24, 2.45) is 5.92 Å². The molecule has 1 atom stereocenters. The Kier molecular flexibility index (Phi) is 7.38. The molecule has 0 saturated carbocycles. The van der Waals surface area contributed by atoms with E-state index in [0.29, 0.717) is 19.5 Å². The molecule has 1 heterocycles. The molecule has 0 aliphatic rings. The minimum absolute atomic E-state index is 0.128. The molecule has 0 aliphatic carbocycles. The first-order valence-corrected chi connectivity index (χ1v) is 10.2. The van der Waals surface area contributed by atoms with Gasteiger partial charge in [0.05, 0.1) is 6.54 Å². The molecular weight excluding hydrogens is 376 g/mol. The third-order valence-electron chi connectivity index (χ3n) is 4.69. The van der Waals surface area contributed by atoms with E-state index < -0.39 is 6.04 Å². The van der Waals surface area contributed by atoms with Gasteiger partial charge in [-0.25, -0.2) is 0 Å². The van der Waals surface area contributed by atoms with Crippen LogP contribution < -0.4 is 10.6 Å². The number of nitrogens with one attached hydrogen (secondary N) is 2. The average Bonchev–Trinajstić information content (AvgIpc) is 3.24. The molecule has 0 aliphatic heterocycles. The van der Waals surface area contributed by atoms with Crippen LogP contribution in [-0.2, 0) is 22.7 Å². The second kappa shape index (κ2) is 10.4. The summed E-state index contributed by atoms with van der Waals surface area (Å²) >= 11 is 0. The molecule has 0 radical (unpaired) electrons. The van der Waals surface area contributed by atoms with Gasteiger partial charge in [0.1, 0.15) is 6.04 Å². The number of hydrogen-bond donors (Lipinski definition) is 2. The van der Waals surface area contributed by atoms with Gasteiger partial charge >= 0.3 is 0 Å². The Morgan fingerprint density at radius 1 is 0.967 bits per heavy atom. The number of aromatic nitrogens is 2. The molecule has 0 fully saturated rings. The first-order chi connectivity index (χ1) is 14.5. The van der Waals surface area contributed by atoms with E-state index in [4.69, 9.17) is 0 Å². The number of hydrogen-bond acceptors (Lipinski definition) is 3. The quantitative estimate of drug-likeness (QED) is 0.574. The lowest BCUT2D eigenvalue weighted by Crippen LogP contribution is -2.40.